The highest BCUT2D eigenvalue weighted by Crippen LogP contribution is 2.24. The summed E-state index contributed by atoms with van der Waals surface area (Å²) >= 11 is 0. The van der Waals surface area contributed by atoms with Crippen LogP contribution in [0.4, 0.5) is 0 Å². The Bertz CT molecular complexity index is 437. The van der Waals surface area contributed by atoms with Crippen LogP contribution in [0.15, 0.2) is 47.5 Å². The summed E-state index contributed by atoms with van der Waals surface area (Å²) in [5.74, 6) is -0.0889. The molecule has 0 saturated carbocycles. The number of hydrogen-bond donors (Lipinski definition) is 0. The molecule has 0 heterocycles. The van der Waals surface area contributed by atoms with Gasteiger partial charge < -0.3 is 4.74 Å². The van der Waals surface area contributed by atoms with E-state index in [0.29, 0.717) is 0 Å². The SMILES string of the molecule is COC(=O)C(N=Cc1ccccc1)C1C=CC1. The molecule has 17 heavy (non-hydrogen) atoms. The molecule has 0 spiro atoms. The fraction of sp³-hybridized carbons (Fsp3) is 0.286. The molecule has 3 heteroatoms. The number of allylic oxidation sites excluding steroid dienone is 1. The van der Waals surface area contributed by atoms with Crippen LogP contribution >= 0.6 is 0 Å². The molecule has 0 bridgehead atoms. The Kier molecular flexibility index (Phi) is 3.70. The van der Waals surface area contributed by atoms with Crippen LogP contribution in [-0.4, -0.2) is 25.3 Å². The number of benzene rings is 1. The van der Waals surface area contributed by atoms with Crippen molar-refractivity contribution in [3.05, 3.63) is 48.0 Å². The zero-order valence-corrected chi connectivity index (χ0v) is 9.74. The van der Waals surface area contributed by atoms with Gasteiger partial charge in [0.25, 0.3) is 0 Å². The maximum atomic E-state index is 11.6. The highest BCUT2D eigenvalue weighted by molar-refractivity contribution is 5.84. The fourth-order valence-electron chi connectivity index (χ4n) is 1.70. The second-order valence-electron chi connectivity index (χ2n) is 3.98. The van der Waals surface area contributed by atoms with Crippen molar-refractivity contribution < 1.29 is 9.53 Å². The number of carbonyl (C=O) groups is 1. The van der Waals surface area contributed by atoms with E-state index in [4.69, 9.17) is 4.74 Å². The largest absolute Gasteiger partial charge is 0.467 e. The van der Waals surface area contributed by atoms with E-state index in [-0.39, 0.29) is 11.9 Å². The summed E-state index contributed by atoms with van der Waals surface area (Å²) in [6, 6.07) is 9.33. The van der Waals surface area contributed by atoms with E-state index in [0.717, 1.165) is 12.0 Å². The first-order chi connectivity index (χ1) is 8.31. The zero-order valence-electron chi connectivity index (χ0n) is 9.74. The first-order valence-electron chi connectivity index (χ1n) is 5.64. The van der Waals surface area contributed by atoms with Gasteiger partial charge in [-0.15, -0.1) is 0 Å². The quantitative estimate of drug-likeness (QED) is 0.451. The molecular weight excluding hydrogens is 214 g/mol. The summed E-state index contributed by atoms with van der Waals surface area (Å²) in [7, 11) is 1.40. The van der Waals surface area contributed by atoms with Gasteiger partial charge in [0.15, 0.2) is 6.04 Å². The summed E-state index contributed by atoms with van der Waals surface area (Å²) in [5.41, 5.74) is 0.990. The Morgan fingerprint density at radius 1 is 1.47 bits per heavy atom. The molecule has 0 amide bonds. The van der Waals surface area contributed by atoms with Gasteiger partial charge in [0.1, 0.15) is 0 Å². The average molecular weight is 229 g/mol. The van der Waals surface area contributed by atoms with E-state index in [1.54, 1.807) is 6.21 Å². The third kappa shape index (κ3) is 2.81. The number of ether oxygens (including phenoxy) is 1. The third-order valence-corrected chi connectivity index (χ3v) is 2.82. The number of methoxy groups -OCH3 is 1. The second-order valence-corrected chi connectivity index (χ2v) is 3.98. The van der Waals surface area contributed by atoms with Crippen molar-refractivity contribution >= 4 is 12.2 Å². The summed E-state index contributed by atoms with van der Waals surface area (Å²) in [5, 5.41) is 0. The Hall–Kier alpha value is -1.90. The van der Waals surface area contributed by atoms with Crippen LogP contribution in [0, 0.1) is 5.92 Å². The normalized spacial score (nSPS) is 19.9. The molecule has 0 radical (unpaired) electrons. The molecule has 0 fully saturated rings. The van der Waals surface area contributed by atoms with E-state index < -0.39 is 6.04 Å². The minimum Gasteiger partial charge on any atom is -0.467 e. The lowest BCUT2D eigenvalue weighted by atomic mass is 9.88. The number of esters is 1. The molecule has 2 unspecified atom stereocenters. The van der Waals surface area contributed by atoms with Crippen LogP contribution in [0.25, 0.3) is 0 Å². The van der Waals surface area contributed by atoms with Crippen molar-refractivity contribution in [1.29, 1.82) is 0 Å². The molecule has 1 aromatic carbocycles. The van der Waals surface area contributed by atoms with E-state index in [9.17, 15) is 4.79 Å². The highest BCUT2D eigenvalue weighted by Gasteiger charge is 2.28. The van der Waals surface area contributed by atoms with Crippen molar-refractivity contribution in [2.24, 2.45) is 10.9 Å². The third-order valence-electron chi connectivity index (χ3n) is 2.82. The van der Waals surface area contributed by atoms with Gasteiger partial charge in [-0.25, -0.2) is 4.79 Å². The monoisotopic (exact) mass is 229 g/mol. The maximum Gasteiger partial charge on any atom is 0.331 e. The van der Waals surface area contributed by atoms with Crippen molar-refractivity contribution in [1.82, 2.24) is 0 Å². The first kappa shape index (κ1) is 11.6. The van der Waals surface area contributed by atoms with Crippen LogP contribution in [0.3, 0.4) is 0 Å². The topological polar surface area (TPSA) is 38.7 Å². The lowest BCUT2D eigenvalue weighted by molar-refractivity contribution is -0.143. The van der Waals surface area contributed by atoms with Gasteiger partial charge in [0.2, 0.25) is 0 Å². The van der Waals surface area contributed by atoms with Crippen LogP contribution in [0.5, 0.6) is 0 Å². The number of nitrogens with zero attached hydrogens (tertiary/aromatic N) is 1. The van der Waals surface area contributed by atoms with Crippen molar-refractivity contribution in [3.8, 4) is 0 Å². The van der Waals surface area contributed by atoms with Crippen LogP contribution in [0.1, 0.15) is 12.0 Å². The van der Waals surface area contributed by atoms with Crippen molar-refractivity contribution in [3.63, 3.8) is 0 Å². The van der Waals surface area contributed by atoms with Gasteiger partial charge in [0.05, 0.1) is 7.11 Å². The summed E-state index contributed by atoms with van der Waals surface area (Å²) in [6.07, 6.45) is 6.67. The van der Waals surface area contributed by atoms with Crippen molar-refractivity contribution in [2.45, 2.75) is 12.5 Å². The fourth-order valence-corrected chi connectivity index (χ4v) is 1.70. The molecule has 0 aromatic heterocycles. The molecule has 0 saturated heterocycles. The van der Waals surface area contributed by atoms with E-state index in [1.807, 2.05) is 42.5 Å². The van der Waals surface area contributed by atoms with Gasteiger partial charge in [-0.1, -0.05) is 42.5 Å². The van der Waals surface area contributed by atoms with Gasteiger partial charge >= 0.3 is 5.97 Å². The number of rotatable bonds is 4. The van der Waals surface area contributed by atoms with E-state index in [1.165, 1.54) is 7.11 Å². The van der Waals surface area contributed by atoms with Gasteiger partial charge in [-0.3, -0.25) is 4.99 Å². The number of carbonyl (C=O) groups excluding carboxylic acids is 1. The molecule has 0 aliphatic heterocycles. The van der Waals surface area contributed by atoms with Gasteiger partial charge in [-0.05, 0) is 12.0 Å². The lowest BCUT2D eigenvalue weighted by Gasteiger charge is -2.22. The van der Waals surface area contributed by atoms with Gasteiger partial charge in [-0.2, -0.15) is 0 Å². The molecule has 1 aliphatic rings. The molecule has 1 aliphatic carbocycles. The maximum absolute atomic E-state index is 11.6. The summed E-state index contributed by atoms with van der Waals surface area (Å²) < 4.78 is 4.77. The average Bonchev–Trinajstić information content (AvgIpc) is 2.32. The molecule has 3 nitrogen and oxygen atoms in total. The molecule has 0 N–H and O–H groups in total. The summed E-state index contributed by atoms with van der Waals surface area (Å²) in [4.78, 5) is 15.9. The van der Waals surface area contributed by atoms with Crippen LogP contribution in [0.2, 0.25) is 0 Å². The molecular formula is C14H15NO2. The molecule has 88 valence electrons. The van der Waals surface area contributed by atoms with E-state index in [2.05, 4.69) is 4.99 Å². The molecule has 2 rings (SSSR count). The van der Waals surface area contributed by atoms with Crippen molar-refractivity contribution in [2.75, 3.05) is 7.11 Å². The second kappa shape index (κ2) is 5.43. The van der Waals surface area contributed by atoms with Gasteiger partial charge in [0, 0.05) is 12.1 Å². The number of aliphatic imine (C=N–C) groups is 1. The predicted molar refractivity (Wildman–Crippen MR) is 67.1 cm³/mol. The lowest BCUT2D eigenvalue weighted by Crippen LogP contribution is -2.30. The zero-order chi connectivity index (χ0) is 12.1. The Labute approximate surface area is 101 Å². The Morgan fingerprint density at radius 2 is 2.18 bits per heavy atom. The molecule has 2 atom stereocenters. The standard InChI is InChI=1S/C14H15NO2/c1-17-14(16)13(12-8-5-9-12)15-10-11-6-3-2-4-7-11/h2-8,10,12-13H,9H2,1H3. The minimum atomic E-state index is -0.412. The van der Waals surface area contributed by atoms with Crippen LogP contribution in [-0.2, 0) is 9.53 Å². The Balaban J connectivity index is 2.09. The summed E-state index contributed by atoms with van der Waals surface area (Å²) in [6.45, 7) is 0. The predicted octanol–water partition coefficient (Wildman–Crippen LogP) is 2.22. The Morgan fingerprint density at radius 3 is 2.71 bits per heavy atom. The highest BCUT2D eigenvalue weighted by atomic mass is 16.5. The smallest absolute Gasteiger partial charge is 0.331 e. The van der Waals surface area contributed by atoms with E-state index >= 15 is 0 Å². The minimum absolute atomic E-state index is 0.183. The number of hydrogen-bond acceptors (Lipinski definition) is 3. The first-order valence-corrected chi connectivity index (χ1v) is 5.64. The van der Waals surface area contributed by atoms with Crippen LogP contribution < -0.4 is 0 Å². The molecule has 1 aromatic rings.